The Morgan fingerprint density at radius 1 is 1.36 bits per heavy atom. The van der Waals surface area contributed by atoms with Crippen molar-refractivity contribution in [1.29, 1.82) is 0 Å². The van der Waals surface area contributed by atoms with Gasteiger partial charge in [-0.25, -0.2) is 0 Å². The van der Waals surface area contributed by atoms with Gasteiger partial charge in [-0.15, -0.1) is 0 Å². The molecular weight excluding hydrogens is 280 g/mol. The first kappa shape index (κ1) is 18.5. The Bertz CT molecular complexity index is 465. The molecule has 0 aromatic heterocycles. The molecule has 1 aromatic rings. The summed E-state index contributed by atoms with van der Waals surface area (Å²) in [5.74, 6) is 0.900. The van der Waals surface area contributed by atoms with Gasteiger partial charge >= 0.3 is 0 Å². The first-order valence-electron chi connectivity index (χ1n) is 7.81. The minimum absolute atomic E-state index is 0.00399. The summed E-state index contributed by atoms with van der Waals surface area (Å²) < 4.78 is 5.12. The van der Waals surface area contributed by atoms with Gasteiger partial charge in [-0.05, 0) is 25.0 Å². The van der Waals surface area contributed by atoms with E-state index < -0.39 is 0 Å². The topological polar surface area (TPSA) is 70.6 Å². The molecule has 3 N–H and O–H groups in total. The second-order valence-electron chi connectivity index (χ2n) is 5.75. The van der Waals surface area contributed by atoms with Gasteiger partial charge in [-0.1, -0.05) is 26.3 Å². The molecule has 22 heavy (non-hydrogen) atoms. The summed E-state index contributed by atoms with van der Waals surface area (Å²) in [4.78, 5) is 12.0. The monoisotopic (exact) mass is 308 g/mol. The number of anilines is 1. The molecule has 124 valence electrons. The summed E-state index contributed by atoms with van der Waals surface area (Å²) in [6, 6.07) is 7.27. The third-order valence-electron chi connectivity index (χ3n) is 3.82. The summed E-state index contributed by atoms with van der Waals surface area (Å²) in [6.45, 7) is 6.52. The zero-order valence-corrected chi connectivity index (χ0v) is 13.9. The van der Waals surface area contributed by atoms with Crippen LogP contribution >= 0.6 is 0 Å². The maximum atomic E-state index is 12.0. The predicted molar refractivity (Wildman–Crippen MR) is 89.2 cm³/mol. The molecule has 0 aliphatic heterocycles. The molecule has 3 atom stereocenters. The maximum absolute atomic E-state index is 12.0. The highest BCUT2D eigenvalue weighted by molar-refractivity contribution is 5.91. The number of amides is 1. The molecule has 0 saturated heterocycles. The highest BCUT2D eigenvalue weighted by Gasteiger charge is 2.15. The summed E-state index contributed by atoms with van der Waals surface area (Å²) in [6.07, 6.45) is 0.909. The van der Waals surface area contributed by atoms with E-state index >= 15 is 0 Å². The fourth-order valence-corrected chi connectivity index (χ4v) is 2.06. The molecule has 0 radical (unpaired) electrons. The number of aliphatic hydroxyl groups excluding tert-OH is 1. The fourth-order valence-electron chi connectivity index (χ4n) is 2.06. The van der Waals surface area contributed by atoms with Crippen LogP contribution in [0.15, 0.2) is 24.3 Å². The van der Waals surface area contributed by atoms with Crippen LogP contribution in [0.5, 0.6) is 5.75 Å². The largest absolute Gasteiger partial charge is 0.497 e. The number of rotatable bonds is 9. The minimum Gasteiger partial charge on any atom is -0.497 e. The molecule has 3 unspecified atom stereocenters. The number of benzene rings is 1. The van der Waals surface area contributed by atoms with Crippen molar-refractivity contribution in [3.8, 4) is 5.75 Å². The van der Waals surface area contributed by atoms with Crippen LogP contribution in [-0.4, -0.2) is 36.8 Å². The molecule has 1 aromatic carbocycles. The lowest BCUT2D eigenvalue weighted by molar-refractivity contribution is -0.116. The van der Waals surface area contributed by atoms with Crippen LogP contribution in [-0.2, 0) is 4.79 Å². The zero-order valence-electron chi connectivity index (χ0n) is 13.9. The van der Waals surface area contributed by atoms with Gasteiger partial charge in [0.25, 0.3) is 0 Å². The van der Waals surface area contributed by atoms with E-state index in [4.69, 9.17) is 4.74 Å². The van der Waals surface area contributed by atoms with Crippen molar-refractivity contribution in [2.45, 2.75) is 45.8 Å². The van der Waals surface area contributed by atoms with Crippen LogP contribution in [0.25, 0.3) is 0 Å². The number of carbonyl (C=O) groups is 1. The quantitative estimate of drug-likeness (QED) is 0.655. The first-order valence-corrected chi connectivity index (χ1v) is 7.81. The van der Waals surface area contributed by atoms with E-state index in [1.807, 2.05) is 32.0 Å². The van der Waals surface area contributed by atoms with E-state index in [0.717, 1.165) is 12.1 Å². The van der Waals surface area contributed by atoms with E-state index in [-0.39, 0.29) is 24.0 Å². The van der Waals surface area contributed by atoms with Gasteiger partial charge in [0.2, 0.25) is 5.91 Å². The summed E-state index contributed by atoms with van der Waals surface area (Å²) in [5, 5.41) is 16.0. The summed E-state index contributed by atoms with van der Waals surface area (Å²) in [5.41, 5.74) is 0.719. The predicted octanol–water partition coefficient (Wildman–Crippen LogP) is 2.41. The molecule has 0 aliphatic rings. The number of ether oxygens (including phenoxy) is 1. The zero-order chi connectivity index (χ0) is 16.5. The smallest absolute Gasteiger partial charge is 0.225 e. The van der Waals surface area contributed by atoms with E-state index in [1.165, 1.54) is 0 Å². The van der Waals surface area contributed by atoms with Gasteiger partial charge in [0, 0.05) is 30.8 Å². The lowest BCUT2D eigenvalue weighted by Gasteiger charge is -2.20. The van der Waals surface area contributed by atoms with E-state index in [9.17, 15) is 9.90 Å². The van der Waals surface area contributed by atoms with Crippen LogP contribution < -0.4 is 15.4 Å². The third-order valence-corrected chi connectivity index (χ3v) is 3.82. The lowest BCUT2D eigenvalue weighted by atomic mass is 10.0. The number of hydrogen-bond acceptors (Lipinski definition) is 4. The number of aliphatic hydroxyl groups is 1. The third kappa shape index (κ3) is 6.45. The highest BCUT2D eigenvalue weighted by Crippen LogP contribution is 2.17. The SMILES string of the molecule is CCC(C)C(O)CNC(C)CC(=O)Nc1cccc(OC)c1. The normalized spacial score (nSPS) is 15.0. The average Bonchev–Trinajstić information content (AvgIpc) is 2.51. The fraction of sp³-hybridized carbons (Fsp3) is 0.588. The van der Waals surface area contributed by atoms with Gasteiger partial charge in [0.05, 0.1) is 13.2 Å². The standard InChI is InChI=1S/C17H28N2O3/c1-5-12(2)16(20)11-18-13(3)9-17(21)19-14-7-6-8-15(10-14)22-4/h6-8,10,12-13,16,18,20H,5,9,11H2,1-4H3,(H,19,21). The summed E-state index contributed by atoms with van der Waals surface area (Å²) in [7, 11) is 1.59. The van der Waals surface area contributed by atoms with Crippen molar-refractivity contribution >= 4 is 11.6 Å². The van der Waals surface area contributed by atoms with Crippen molar-refractivity contribution in [1.82, 2.24) is 5.32 Å². The Morgan fingerprint density at radius 3 is 2.73 bits per heavy atom. The van der Waals surface area contributed by atoms with Gasteiger partial charge in [-0.2, -0.15) is 0 Å². The van der Waals surface area contributed by atoms with Crippen LogP contribution in [0.1, 0.15) is 33.6 Å². The molecule has 0 saturated carbocycles. The van der Waals surface area contributed by atoms with E-state index in [0.29, 0.717) is 18.7 Å². The Kier molecular flexibility index (Phi) is 7.91. The molecule has 0 fully saturated rings. The van der Waals surface area contributed by atoms with Crippen molar-refractivity contribution in [2.75, 3.05) is 19.0 Å². The number of hydrogen-bond donors (Lipinski definition) is 3. The summed E-state index contributed by atoms with van der Waals surface area (Å²) >= 11 is 0. The van der Waals surface area contributed by atoms with E-state index in [2.05, 4.69) is 17.6 Å². The molecule has 5 nitrogen and oxygen atoms in total. The second-order valence-corrected chi connectivity index (χ2v) is 5.75. The van der Waals surface area contributed by atoms with Crippen LogP contribution in [0.3, 0.4) is 0 Å². The van der Waals surface area contributed by atoms with E-state index in [1.54, 1.807) is 13.2 Å². The molecule has 0 heterocycles. The molecule has 5 heteroatoms. The maximum Gasteiger partial charge on any atom is 0.225 e. The Balaban J connectivity index is 2.37. The van der Waals surface area contributed by atoms with Crippen molar-refractivity contribution < 1.29 is 14.6 Å². The van der Waals surface area contributed by atoms with Crippen LogP contribution in [0, 0.1) is 5.92 Å². The Hall–Kier alpha value is -1.59. The van der Waals surface area contributed by atoms with Crippen molar-refractivity contribution in [3.63, 3.8) is 0 Å². The molecule has 1 amide bonds. The Morgan fingerprint density at radius 2 is 2.09 bits per heavy atom. The lowest BCUT2D eigenvalue weighted by Crippen LogP contribution is -2.38. The Labute approximate surface area is 133 Å². The molecule has 0 bridgehead atoms. The first-order chi connectivity index (χ1) is 10.5. The molecular formula is C17H28N2O3. The number of carbonyl (C=O) groups excluding carboxylic acids is 1. The van der Waals surface area contributed by atoms with Crippen molar-refractivity contribution in [2.24, 2.45) is 5.92 Å². The van der Waals surface area contributed by atoms with Crippen LogP contribution in [0.4, 0.5) is 5.69 Å². The van der Waals surface area contributed by atoms with Gasteiger partial charge in [0.15, 0.2) is 0 Å². The molecule has 0 spiro atoms. The number of nitrogens with one attached hydrogen (secondary N) is 2. The van der Waals surface area contributed by atoms with Crippen LogP contribution in [0.2, 0.25) is 0 Å². The van der Waals surface area contributed by atoms with Gasteiger partial charge in [0.1, 0.15) is 5.75 Å². The second kappa shape index (κ2) is 9.43. The van der Waals surface area contributed by atoms with Gasteiger partial charge < -0.3 is 20.5 Å². The molecule has 0 aliphatic carbocycles. The van der Waals surface area contributed by atoms with Crippen molar-refractivity contribution in [3.05, 3.63) is 24.3 Å². The highest BCUT2D eigenvalue weighted by atomic mass is 16.5. The average molecular weight is 308 g/mol. The van der Waals surface area contributed by atoms with Gasteiger partial charge in [-0.3, -0.25) is 4.79 Å². The number of methoxy groups -OCH3 is 1. The molecule has 1 rings (SSSR count). The minimum atomic E-state index is -0.381.